The van der Waals surface area contributed by atoms with E-state index >= 15 is 0 Å². The van der Waals surface area contributed by atoms with E-state index in [4.69, 9.17) is 5.73 Å². The molecule has 1 saturated heterocycles. The van der Waals surface area contributed by atoms with Gasteiger partial charge in [0.2, 0.25) is 10.0 Å². The van der Waals surface area contributed by atoms with Crippen molar-refractivity contribution < 1.29 is 8.42 Å². The van der Waals surface area contributed by atoms with Gasteiger partial charge in [-0.3, -0.25) is 4.90 Å². The average Bonchev–Trinajstić information content (AvgIpc) is 2.77. The molecule has 0 saturated carbocycles. The molecule has 0 spiro atoms. The molecule has 1 fully saturated rings. The number of rotatable bonds is 3. The second-order valence-corrected chi connectivity index (χ2v) is 9.60. The number of piperazine rings is 1. The fourth-order valence-electron chi connectivity index (χ4n) is 2.37. The fourth-order valence-corrected chi connectivity index (χ4v) is 6.48. The van der Waals surface area contributed by atoms with Gasteiger partial charge in [0.05, 0.1) is 3.79 Å². The highest BCUT2D eigenvalue weighted by Crippen LogP contribution is 2.34. The van der Waals surface area contributed by atoms with Crippen LogP contribution >= 0.6 is 27.3 Å². The first kappa shape index (κ1) is 16.4. The van der Waals surface area contributed by atoms with Gasteiger partial charge in [0.25, 0.3) is 0 Å². The maximum Gasteiger partial charge on any atom is 0.245 e. The zero-order chi connectivity index (χ0) is 15.1. The Balaban J connectivity index is 2.33. The van der Waals surface area contributed by atoms with Gasteiger partial charge in [0.15, 0.2) is 0 Å². The standard InChI is InChI=1S/C12H20BrN3O2S2/c1-8-6-16(7-9(2)15(8)3)20(17,18)11-4-10(5-14)19-12(11)13/h4,8-9H,5-7,14H2,1-3H3. The predicted molar refractivity (Wildman–Crippen MR) is 85.4 cm³/mol. The van der Waals surface area contributed by atoms with Crippen molar-refractivity contribution in [1.29, 1.82) is 0 Å². The van der Waals surface area contributed by atoms with Crippen LogP contribution < -0.4 is 5.73 Å². The smallest absolute Gasteiger partial charge is 0.245 e. The van der Waals surface area contributed by atoms with Crippen LogP contribution in [0.2, 0.25) is 0 Å². The topological polar surface area (TPSA) is 66.6 Å². The van der Waals surface area contributed by atoms with Crippen molar-refractivity contribution in [2.24, 2.45) is 5.73 Å². The van der Waals surface area contributed by atoms with Crippen molar-refractivity contribution >= 4 is 37.3 Å². The lowest BCUT2D eigenvalue weighted by Crippen LogP contribution is -2.56. The van der Waals surface area contributed by atoms with E-state index in [9.17, 15) is 8.42 Å². The number of hydrogen-bond acceptors (Lipinski definition) is 5. The second kappa shape index (κ2) is 6.02. The average molecular weight is 382 g/mol. The SMILES string of the molecule is CC1CN(S(=O)(=O)c2cc(CN)sc2Br)CC(C)N1C. The zero-order valence-electron chi connectivity index (χ0n) is 11.8. The minimum Gasteiger partial charge on any atom is -0.326 e. The summed E-state index contributed by atoms with van der Waals surface area (Å²) >= 11 is 4.73. The van der Waals surface area contributed by atoms with Gasteiger partial charge in [0.1, 0.15) is 4.90 Å². The number of thiophene rings is 1. The van der Waals surface area contributed by atoms with E-state index < -0.39 is 10.0 Å². The molecule has 0 aliphatic carbocycles. The fraction of sp³-hybridized carbons (Fsp3) is 0.667. The lowest BCUT2D eigenvalue weighted by molar-refractivity contribution is 0.105. The first-order valence-electron chi connectivity index (χ1n) is 6.47. The van der Waals surface area contributed by atoms with Crippen LogP contribution in [0.5, 0.6) is 0 Å². The first-order valence-corrected chi connectivity index (χ1v) is 9.52. The first-order chi connectivity index (χ1) is 9.27. The molecule has 1 aromatic heterocycles. The lowest BCUT2D eigenvalue weighted by Gasteiger charge is -2.41. The summed E-state index contributed by atoms with van der Waals surface area (Å²) < 4.78 is 27.8. The Hall–Kier alpha value is 0.01000. The monoisotopic (exact) mass is 381 g/mol. The van der Waals surface area contributed by atoms with E-state index in [1.54, 1.807) is 10.4 Å². The third-order valence-corrected chi connectivity index (χ3v) is 7.96. The van der Waals surface area contributed by atoms with Crippen LogP contribution in [-0.4, -0.2) is 49.8 Å². The van der Waals surface area contributed by atoms with Gasteiger partial charge >= 0.3 is 0 Å². The predicted octanol–water partition coefficient (Wildman–Crippen LogP) is 1.68. The van der Waals surface area contributed by atoms with Crippen LogP contribution in [0.15, 0.2) is 14.7 Å². The van der Waals surface area contributed by atoms with E-state index in [2.05, 4.69) is 20.8 Å². The molecule has 20 heavy (non-hydrogen) atoms. The van der Waals surface area contributed by atoms with Crippen LogP contribution in [0.4, 0.5) is 0 Å². The summed E-state index contributed by atoms with van der Waals surface area (Å²) in [6.07, 6.45) is 0. The summed E-state index contributed by atoms with van der Waals surface area (Å²) in [5.74, 6) is 0. The molecule has 2 rings (SSSR count). The van der Waals surface area contributed by atoms with Crippen LogP contribution in [0.25, 0.3) is 0 Å². The number of halogens is 1. The minimum atomic E-state index is -3.46. The summed E-state index contributed by atoms with van der Waals surface area (Å²) in [5, 5.41) is 0. The molecule has 1 aromatic rings. The van der Waals surface area contributed by atoms with E-state index in [0.717, 1.165) is 4.88 Å². The molecule has 5 nitrogen and oxygen atoms in total. The number of hydrogen-bond donors (Lipinski definition) is 1. The molecule has 0 aromatic carbocycles. The Morgan fingerprint density at radius 3 is 2.40 bits per heavy atom. The molecule has 1 aliphatic rings. The van der Waals surface area contributed by atoms with E-state index in [1.807, 2.05) is 20.9 Å². The highest BCUT2D eigenvalue weighted by molar-refractivity contribution is 9.11. The second-order valence-electron chi connectivity index (χ2n) is 5.24. The Bertz CT molecular complexity index is 576. The molecule has 2 heterocycles. The molecule has 2 atom stereocenters. The van der Waals surface area contributed by atoms with Crippen LogP contribution in [0.3, 0.4) is 0 Å². The zero-order valence-corrected chi connectivity index (χ0v) is 15.1. The van der Waals surface area contributed by atoms with E-state index in [0.29, 0.717) is 28.3 Å². The molecular weight excluding hydrogens is 362 g/mol. The van der Waals surface area contributed by atoms with Crippen molar-refractivity contribution in [2.75, 3.05) is 20.1 Å². The summed E-state index contributed by atoms with van der Waals surface area (Å²) in [7, 11) is -1.42. The molecule has 0 bridgehead atoms. The van der Waals surface area contributed by atoms with Crippen molar-refractivity contribution in [3.05, 3.63) is 14.7 Å². The normalized spacial score (nSPS) is 26.1. The lowest BCUT2D eigenvalue weighted by atomic mass is 10.1. The largest absolute Gasteiger partial charge is 0.326 e. The third kappa shape index (κ3) is 2.95. The van der Waals surface area contributed by atoms with E-state index in [-0.39, 0.29) is 12.1 Å². The highest BCUT2D eigenvalue weighted by atomic mass is 79.9. The summed E-state index contributed by atoms with van der Waals surface area (Å²) in [6.45, 7) is 5.49. The quantitative estimate of drug-likeness (QED) is 0.864. The van der Waals surface area contributed by atoms with Gasteiger partial charge in [-0.15, -0.1) is 11.3 Å². The van der Waals surface area contributed by atoms with Crippen molar-refractivity contribution in [3.8, 4) is 0 Å². The molecule has 0 radical (unpaired) electrons. The van der Waals surface area contributed by atoms with Gasteiger partial charge < -0.3 is 5.73 Å². The Labute approximate surface area is 132 Å². The molecule has 1 aliphatic heterocycles. The van der Waals surface area contributed by atoms with Crippen molar-refractivity contribution in [2.45, 2.75) is 37.4 Å². The third-order valence-electron chi connectivity index (χ3n) is 3.85. The van der Waals surface area contributed by atoms with Crippen LogP contribution in [0, 0.1) is 0 Å². The number of nitrogens with zero attached hydrogens (tertiary/aromatic N) is 2. The molecule has 114 valence electrons. The Kier molecular flexibility index (Phi) is 4.93. The van der Waals surface area contributed by atoms with Crippen molar-refractivity contribution in [1.82, 2.24) is 9.21 Å². The number of likely N-dealkylation sites (N-methyl/N-ethyl adjacent to an activating group) is 1. The molecule has 8 heteroatoms. The van der Waals surface area contributed by atoms with E-state index in [1.165, 1.54) is 11.3 Å². The van der Waals surface area contributed by atoms with Crippen LogP contribution in [0.1, 0.15) is 18.7 Å². The molecular formula is C12H20BrN3O2S2. The summed E-state index contributed by atoms with van der Waals surface area (Å²) in [4.78, 5) is 3.41. The molecule has 2 unspecified atom stereocenters. The Morgan fingerprint density at radius 1 is 1.40 bits per heavy atom. The maximum absolute atomic E-state index is 12.8. The minimum absolute atomic E-state index is 0.208. The van der Waals surface area contributed by atoms with Gasteiger partial charge in [-0.1, -0.05) is 0 Å². The van der Waals surface area contributed by atoms with Gasteiger partial charge in [0, 0.05) is 36.6 Å². The van der Waals surface area contributed by atoms with Gasteiger partial charge in [-0.25, -0.2) is 8.42 Å². The Morgan fingerprint density at radius 2 is 1.95 bits per heavy atom. The summed E-state index contributed by atoms with van der Waals surface area (Å²) in [6, 6.07) is 2.09. The van der Waals surface area contributed by atoms with Gasteiger partial charge in [-0.05, 0) is 42.9 Å². The number of sulfonamides is 1. The summed E-state index contributed by atoms with van der Waals surface area (Å²) in [5.41, 5.74) is 5.59. The van der Waals surface area contributed by atoms with Crippen molar-refractivity contribution in [3.63, 3.8) is 0 Å². The number of nitrogens with two attached hydrogens (primary N) is 1. The van der Waals surface area contributed by atoms with Crippen LogP contribution in [-0.2, 0) is 16.6 Å². The maximum atomic E-state index is 12.8. The highest BCUT2D eigenvalue weighted by Gasteiger charge is 2.35. The molecule has 2 N–H and O–H groups in total. The molecule has 0 amide bonds. The van der Waals surface area contributed by atoms with Gasteiger partial charge in [-0.2, -0.15) is 4.31 Å².